The van der Waals surface area contributed by atoms with Gasteiger partial charge in [-0.05, 0) is 32.6 Å². The van der Waals surface area contributed by atoms with Crippen LogP contribution in [0, 0.1) is 5.92 Å². The molecule has 16 heavy (non-hydrogen) atoms. The summed E-state index contributed by atoms with van der Waals surface area (Å²) in [5.41, 5.74) is -0.170. The van der Waals surface area contributed by atoms with Crippen molar-refractivity contribution in [3.05, 3.63) is 0 Å². The Balaban J connectivity index is 2.47. The first-order chi connectivity index (χ1) is 7.61. The van der Waals surface area contributed by atoms with Gasteiger partial charge >= 0.3 is 0 Å². The van der Waals surface area contributed by atoms with E-state index >= 15 is 0 Å². The average Bonchev–Trinajstić information content (AvgIpc) is 2.30. The van der Waals surface area contributed by atoms with Crippen molar-refractivity contribution in [2.75, 3.05) is 19.1 Å². The van der Waals surface area contributed by atoms with Gasteiger partial charge in [0.25, 0.3) is 0 Å². The van der Waals surface area contributed by atoms with Crippen LogP contribution in [0.1, 0.15) is 39.5 Å². The second-order valence-corrected chi connectivity index (χ2v) is 5.13. The second kappa shape index (κ2) is 6.45. The van der Waals surface area contributed by atoms with Crippen molar-refractivity contribution in [2.45, 2.75) is 45.1 Å². The molecule has 1 N–H and O–H groups in total. The lowest BCUT2D eigenvalue weighted by molar-refractivity contribution is -0.130. The van der Waals surface area contributed by atoms with E-state index in [-0.39, 0.29) is 17.4 Å². The van der Waals surface area contributed by atoms with E-state index in [2.05, 4.69) is 19.2 Å². The first kappa shape index (κ1) is 13.8. The normalized spacial score (nSPS) is 24.8. The van der Waals surface area contributed by atoms with Crippen LogP contribution in [0.2, 0.25) is 0 Å². The summed E-state index contributed by atoms with van der Waals surface area (Å²) in [4.78, 5) is 12.0. The maximum atomic E-state index is 12.0. The van der Waals surface area contributed by atoms with Crippen molar-refractivity contribution in [1.82, 2.24) is 5.32 Å². The van der Waals surface area contributed by atoms with Crippen molar-refractivity contribution in [3.8, 4) is 0 Å². The van der Waals surface area contributed by atoms with Gasteiger partial charge in [0.1, 0.15) is 0 Å². The first-order valence-electron chi connectivity index (χ1n) is 6.07. The molecule has 4 heteroatoms. The molecule has 1 aliphatic rings. The molecule has 2 atom stereocenters. The van der Waals surface area contributed by atoms with Gasteiger partial charge in [0, 0.05) is 18.0 Å². The molecule has 0 aromatic rings. The van der Waals surface area contributed by atoms with Gasteiger partial charge in [-0.2, -0.15) is 0 Å². The fourth-order valence-corrected chi connectivity index (χ4v) is 2.30. The monoisotopic (exact) mass is 247 g/mol. The van der Waals surface area contributed by atoms with Crippen LogP contribution in [0.5, 0.6) is 0 Å². The molecule has 1 rings (SSSR count). The highest BCUT2D eigenvalue weighted by molar-refractivity contribution is 6.17. The number of ether oxygens (including phenoxy) is 1. The van der Waals surface area contributed by atoms with Crippen LogP contribution >= 0.6 is 11.6 Å². The zero-order valence-corrected chi connectivity index (χ0v) is 11.0. The van der Waals surface area contributed by atoms with Crippen LogP contribution in [0.25, 0.3) is 0 Å². The van der Waals surface area contributed by atoms with Crippen LogP contribution < -0.4 is 5.32 Å². The van der Waals surface area contributed by atoms with Gasteiger partial charge in [0.05, 0.1) is 12.5 Å². The van der Waals surface area contributed by atoms with Crippen LogP contribution in [-0.4, -0.2) is 30.5 Å². The Kier molecular flexibility index (Phi) is 5.56. The molecule has 0 aromatic heterocycles. The average molecular weight is 248 g/mol. The highest BCUT2D eigenvalue weighted by Gasteiger charge is 2.28. The molecular weight excluding hydrogens is 226 g/mol. The van der Waals surface area contributed by atoms with Crippen molar-refractivity contribution in [1.29, 1.82) is 0 Å². The number of nitrogens with one attached hydrogen (secondary N) is 1. The van der Waals surface area contributed by atoms with E-state index in [1.54, 1.807) is 0 Å². The molecule has 1 saturated heterocycles. The van der Waals surface area contributed by atoms with E-state index in [0.717, 1.165) is 32.3 Å². The molecule has 1 fully saturated rings. The lowest BCUT2D eigenvalue weighted by Gasteiger charge is -2.32. The molecular formula is C12H22ClNO2. The quantitative estimate of drug-likeness (QED) is 0.758. The Labute approximate surface area is 103 Å². The predicted octanol–water partition coefficient (Wildman–Crippen LogP) is 2.33. The lowest BCUT2D eigenvalue weighted by atomic mass is 9.93. The predicted molar refractivity (Wildman–Crippen MR) is 65.7 cm³/mol. The number of alkyl halides is 1. The highest BCUT2D eigenvalue weighted by atomic mass is 35.5. The largest absolute Gasteiger partial charge is 0.381 e. The van der Waals surface area contributed by atoms with Gasteiger partial charge in [-0.15, -0.1) is 11.6 Å². The Morgan fingerprint density at radius 1 is 1.62 bits per heavy atom. The minimum absolute atomic E-state index is 0.0231. The van der Waals surface area contributed by atoms with Crippen LogP contribution in [-0.2, 0) is 9.53 Å². The topological polar surface area (TPSA) is 38.3 Å². The van der Waals surface area contributed by atoms with Crippen LogP contribution in [0.15, 0.2) is 0 Å². The van der Waals surface area contributed by atoms with Crippen molar-refractivity contribution in [3.63, 3.8) is 0 Å². The molecule has 0 aromatic carbocycles. The van der Waals surface area contributed by atoms with Crippen molar-refractivity contribution < 1.29 is 9.53 Å². The third kappa shape index (κ3) is 3.95. The molecule has 0 bridgehead atoms. The fraction of sp³-hybridized carbons (Fsp3) is 0.917. The summed E-state index contributed by atoms with van der Waals surface area (Å²) in [6, 6.07) is 0. The van der Waals surface area contributed by atoms with Gasteiger partial charge in [0.15, 0.2) is 0 Å². The van der Waals surface area contributed by atoms with E-state index in [1.807, 2.05) is 0 Å². The molecule has 0 spiro atoms. The van der Waals surface area contributed by atoms with E-state index in [1.165, 1.54) is 0 Å². The molecule has 0 saturated carbocycles. The molecule has 0 aliphatic carbocycles. The van der Waals surface area contributed by atoms with Crippen molar-refractivity contribution in [2.24, 2.45) is 5.92 Å². The minimum Gasteiger partial charge on any atom is -0.381 e. The van der Waals surface area contributed by atoms with E-state index in [9.17, 15) is 4.79 Å². The van der Waals surface area contributed by atoms with E-state index in [4.69, 9.17) is 16.3 Å². The molecule has 94 valence electrons. The van der Waals surface area contributed by atoms with E-state index in [0.29, 0.717) is 12.5 Å². The molecule has 2 unspecified atom stereocenters. The SMILES string of the molecule is CCC(C)(CCCl)NC(=O)C1CCCOC1. The summed E-state index contributed by atoms with van der Waals surface area (Å²) < 4.78 is 5.32. The number of carbonyl (C=O) groups is 1. The van der Waals surface area contributed by atoms with Crippen LogP contribution in [0.4, 0.5) is 0 Å². The number of hydrogen-bond acceptors (Lipinski definition) is 2. The summed E-state index contributed by atoms with van der Waals surface area (Å²) >= 11 is 5.76. The number of halogens is 1. The third-order valence-electron chi connectivity index (χ3n) is 3.38. The molecule has 1 amide bonds. The molecule has 3 nitrogen and oxygen atoms in total. The fourth-order valence-electron chi connectivity index (χ4n) is 1.88. The maximum Gasteiger partial charge on any atom is 0.225 e. The zero-order valence-electron chi connectivity index (χ0n) is 10.2. The zero-order chi connectivity index (χ0) is 12.0. The first-order valence-corrected chi connectivity index (χ1v) is 6.60. The molecule has 1 heterocycles. The van der Waals surface area contributed by atoms with Gasteiger partial charge in [0.2, 0.25) is 5.91 Å². The Bertz CT molecular complexity index is 229. The Hall–Kier alpha value is -0.280. The summed E-state index contributed by atoms with van der Waals surface area (Å²) in [6.07, 6.45) is 3.63. The number of amides is 1. The van der Waals surface area contributed by atoms with E-state index < -0.39 is 0 Å². The highest BCUT2D eigenvalue weighted by Crippen LogP contribution is 2.19. The van der Waals surface area contributed by atoms with Gasteiger partial charge < -0.3 is 10.1 Å². The standard InChI is InChI=1S/C12H22ClNO2/c1-3-12(2,6-7-13)14-11(15)10-5-4-8-16-9-10/h10H,3-9H2,1-2H3,(H,14,15). The van der Waals surface area contributed by atoms with Gasteiger partial charge in [-0.25, -0.2) is 0 Å². The number of hydrogen-bond donors (Lipinski definition) is 1. The molecule has 1 aliphatic heterocycles. The number of carbonyl (C=O) groups excluding carboxylic acids is 1. The Morgan fingerprint density at radius 3 is 2.88 bits per heavy atom. The maximum absolute atomic E-state index is 12.0. The van der Waals surface area contributed by atoms with Crippen LogP contribution in [0.3, 0.4) is 0 Å². The summed E-state index contributed by atoms with van der Waals surface area (Å²) in [5, 5.41) is 3.11. The minimum atomic E-state index is -0.170. The third-order valence-corrected chi connectivity index (χ3v) is 3.57. The Morgan fingerprint density at radius 2 is 2.38 bits per heavy atom. The second-order valence-electron chi connectivity index (χ2n) is 4.76. The smallest absolute Gasteiger partial charge is 0.225 e. The lowest BCUT2D eigenvalue weighted by Crippen LogP contribution is -2.49. The summed E-state index contributed by atoms with van der Waals surface area (Å²) in [6.45, 7) is 5.48. The van der Waals surface area contributed by atoms with Crippen molar-refractivity contribution >= 4 is 17.5 Å². The molecule has 0 radical (unpaired) electrons. The number of rotatable bonds is 5. The summed E-state index contributed by atoms with van der Waals surface area (Å²) in [7, 11) is 0. The van der Waals surface area contributed by atoms with Gasteiger partial charge in [-0.1, -0.05) is 6.92 Å². The van der Waals surface area contributed by atoms with Gasteiger partial charge in [-0.3, -0.25) is 4.79 Å². The summed E-state index contributed by atoms with van der Waals surface area (Å²) in [5.74, 6) is 0.718.